The van der Waals surface area contributed by atoms with E-state index in [1.807, 2.05) is 0 Å². The van der Waals surface area contributed by atoms with Crippen LogP contribution in [0.4, 0.5) is 5.69 Å². The number of hydrogen-bond acceptors (Lipinski definition) is 6. The van der Waals surface area contributed by atoms with E-state index in [4.69, 9.17) is 5.11 Å². The van der Waals surface area contributed by atoms with Crippen LogP contribution in [0.2, 0.25) is 0 Å². The van der Waals surface area contributed by atoms with Crippen LogP contribution in [0.5, 0.6) is 0 Å². The van der Waals surface area contributed by atoms with E-state index in [-0.39, 0.29) is 11.9 Å². The molecule has 0 bridgehead atoms. The summed E-state index contributed by atoms with van der Waals surface area (Å²) in [6.45, 7) is 0.396. The van der Waals surface area contributed by atoms with Crippen molar-refractivity contribution in [2.24, 2.45) is 4.99 Å². The minimum Gasteiger partial charge on any atom is -0.478 e. The monoisotopic (exact) mass is 236 g/mol. The summed E-state index contributed by atoms with van der Waals surface area (Å²) >= 11 is 0. The van der Waals surface area contributed by atoms with Gasteiger partial charge in [0.05, 0.1) is 17.4 Å². The van der Waals surface area contributed by atoms with Crippen molar-refractivity contribution in [3.8, 4) is 0 Å². The number of aliphatic imine (C=N–C) groups is 1. The SMILES string of the molecule is O=C(O)c1cncc(NC2N=CC(O)CN2)c1. The number of anilines is 1. The topological polar surface area (TPSA) is 107 Å². The minimum atomic E-state index is -1.03. The van der Waals surface area contributed by atoms with E-state index in [1.165, 1.54) is 24.7 Å². The van der Waals surface area contributed by atoms with Gasteiger partial charge in [-0.3, -0.25) is 15.3 Å². The number of aromatic nitrogens is 1. The van der Waals surface area contributed by atoms with Gasteiger partial charge >= 0.3 is 5.97 Å². The third kappa shape index (κ3) is 2.99. The average molecular weight is 236 g/mol. The van der Waals surface area contributed by atoms with Gasteiger partial charge in [-0.05, 0) is 6.07 Å². The first-order valence-electron chi connectivity index (χ1n) is 5.05. The number of carboxylic acid groups (broad SMARTS) is 1. The van der Waals surface area contributed by atoms with E-state index in [0.717, 1.165) is 0 Å². The fraction of sp³-hybridized carbons (Fsp3) is 0.300. The number of β-amino-alcohol motifs (C(OH)–C–C–N with tert-alkyl or cyclic N) is 1. The number of carboxylic acids is 1. The normalized spacial score (nSPS) is 23.4. The molecule has 0 fully saturated rings. The van der Waals surface area contributed by atoms with Crippen molar-refractivity contribution in [2.75, 3.05) is 11.9 Å². The van der Waals surface area contributed by atoms with Gasteiger partial charge in [0.15, 0.2) is 6.29 Å². The molecule has 0 saturated heterocycles. The molecule has 2 atom stereocenters. The van der Waals surface area contributed by atoms with Crippen LogP contribution in [0.1, 0.15) is 10.4 Å². The number of nitrogens with one attached hydrogen (secondary N) is 2. The lowest BCUT2D eigenvalue weighted by Gasteiger charge is -2.22. The molecule has 2 rings (SSSR count). The summed E-state index contributed by atoms with van der Waals surface area (Å²) < 4.78 is 0. The van der Waals surface area contributed by atoms with Gasteiger partial charge in [0.25, 0.3) is 0 Å². The van der Waals surface area contributed by atoms with Crippen molar-refractivity contribution < 1.29 is 15.0 Å². The van der Waals surface area contributed by atoms with E-state index in [1.54, 1.807) is 0 Å². The Labute approximate surface area is 97.2 Å². The van der Waals surface area contributed by atoms with Crippen molar-refractivity contribution in [1.82, 2.24) is 10.3 Å². The molecule has 1 aromatic rings. The van der Waals surface area contributed by atoms with Crippen molar-refractivity contribution in [3.63, 3.8) is 0 Å². The third-order valence-corrected chi connectivity index (χ3v) is 2.22. The van der Waals surface area contributed by atoms with Gasteiger partial charge in [0, 0.05) is 19.0 Å². The maximum Gasteiger partial charge on any atom is 0.337 e. The van der Waals surface area contributed by atoms with Gasteiger partial charge in [-0.15, -0.1) is 0 Å². The predicted octanol–water partition coefficient (Wildman–Crippen LogP) is -0.490. The lowest BCUT2D eigenvalue weighted by atomic mass is 10.2. The first kappa shape index (κ1) is 11.5. The molecular weight excluding hydrogens is 224 g/mol. The van der Waals surface area contributed by atoms with Gasteiger partial charge in [-0.2, -0.15) is 0 Å². The Morgan fingerprint density at radius 3 is 3.00 bits per heavy atom. The van der Waals surface area contributed by atoms with Crippen LogP contribution in [0.3, 0.4) is 0 Å². The third-order valence-electron chi connectivity index (χ3n) is 2.22. The highest BCUT2D eigenvalue weighted by Gasteiger charge is 2.14. The van der Waals surface area contributed by atoms with Crippen molar-refractivity contribution >= 4 is 17.9 Å². The molecule has 0 saturated carbocycles. The second-order valence-electron chi connectivity index (χ2n) is 3.59. The predicted molar refractivity (Wildman–Crippen MR) is 61.1 cm³/mol. The Balaban J connectivity index is 2.06. The molecule has 0 radical (unpaired) electrons. The molecular formula is C10H12N4O3. The number of aliphatic hydroxyl groups excluding tert-OH is 1. The molecule has 4 N–H and O–H groups in total. The maximum absolute atomic E-state index is 10.7. The molecule has 1 aromatic heterocycles. The molecule has 17 heavy (non-hydrogen) atoms. The second-order valence-corrected chi connectivity index (χ2v) is 3.59. The second kappa shape index (κ2) is 4.89. The van der Waals surface area contributed by atoms with Crippen LogP contribution in [0.25, 0.3) is 0 Å². The Morgan fingerprint density at radius 2 is 2.35 bits per heavy atom. The molecule has 90 valence electrons. The average Bonchev–Trinajstić information content (AvgIpc) is 2.32. The number of hydrogen-bond donors (Lipinski definition) is 4. The summed E-state index contributed by atoms with van der Waals surface area (Å²) in [5, 5.41) is 23.9. The summed E-state index contributed by atoms with van der Waals surface area (Å²) in [5.74, 6) is -1.03. The van der Waals surface area contributed by atoms with Crippen LogP contribution in [-0.4, -0.2) is 46.3 Å². The smallest absolute Gasteiger partial charge is 0.337 e. The highest BCUT2D eigenvalue weighted by atomic mass is 16.4. The number of aromatic carboxylic acids is 1. The molecule has 2 heterocycles. The number of aliphatic hydroxyl groups is 1. The Bertz CT molecular complexity index is 449. The van der Waals surface area contributed by atoms with Crippen molar-refractivity contribution in [1.29, 1.82) is 0 Å². The molecule has 0 aromatic carbocycles. The largest absolute Gasteiger partial charge is 0.478 e. The molecule has 0 spiro atoms. The number of rotatable bonds is 3. The van der Waals surface area contributed by atoms with E-state index in [2.05, 4.69) is 20.6 Å². The van der Waals surface area contributed by atoms with Crippen LogP contribution in [-0.2, 0) is 0 Å². The van der Waals surface area contributed by atoms with E-state index in [0.29, 0.717) is 12.2 Å². The zero-order valence-electron chi connectivity index (χ0n) is 8.87. The van der Waals surface area contributed by atoms with Crippen molar-refractivity contribution in [3.05, 3.63) is 24.0 Å². The van der Waals surface area contributed by atoms with Gasteiger partial charge in [-0.1, -0.05) is 0 Å². The first-order valence-corrected chi connectivity index (χ1v) is 5.05. The molecule has 0 amide bonds. The van der Waals surface area contributed by atoms with Crippen LogP contribution >= 0.6 is 0 Å². The molecule has 1 aliphatic rings. The molecule has 0 aliphatic carbocycles. The first-order chi connectivity index (χ1) is 8.15. The molecule has 7 nitrogen and oxygen atoms in total. The van der Waals surface area contributed by atoms with Gasteiger partial charge in [0.1, 0.15) is 6.10 Å². The zero-order chi connectivity index (χ0) is 12.3. The van der Waals surface area contributed by atoms with Gasteiger partial charge < -0.3 is 15.5 Å². The summed E-state index contributed by atoms with van der Waals surface area (Å²) in [6, 6.07) is 1.47. The van der Waals surface area contributed by atoms with Crippen LogP contribution in [0, 0.1) is 0 Å². The highest BCUT2D eigenvalue weighted by molar-refractivity contribution is 5.88. The van der Waals surface area contributed by atoms with Crippen LogP contribution < -0.4 is 10.6 Å². The number of carbonyl (C=O) groups is 1. The Morgan fingerprint density at radius 1 is 1.53 bits per heavy atom. The minimum absolute atomic E-state index is 0.106. The fourth-order valence-corrected chi connectivity index (χ4v) is 1.41. The number of pyridine rings is 1. The van der Waals surface area contributed by atoms with E-state index in [9.17, 15) is 9.90 Å². The lowest BCUT2D eigenvalue weighted by Crippen LogP contribution is -2.44. The fourth-order valence-electron chi connectivity index (χ4n) is 1.41. The summed E-state index contributed by atoms with van der Waals surface area (Å²) in [4.78, 5) is 18.6. The molecule has 1 aliphatic heterocycles. The summed E-state index contributed by atoms with van der Waals surface area (Å²) in [6.07, 6.45) is 3.24. The molecule has 2 unspecified atom stereocenters. The van der Waals surface area contributed by atoms with Gasteiger partial charge in [0.2, 0.25) is 0 Å². The number of nitrogens with zero attached hydrogens (tertiary/aromatic N) is 2. The summed E-state index contributed by atoms with van der Waals surface area (Å²) in [7, 11) is 0. The zero-order valence-corrected chi connectivity index (χ0v) is 8.87. The van der Waals surface area contributed by atoms with Gasteiger partial charge in [-0.25, -0.2) is 4.79 Å². The lowest BCUT2D eigenvalue weighted by molar-refractivity contribution is 0.0696. The van der Waals surface area contributed by atoms with Crippen LogP contribution in [0.15, 0.2) is 23.5 Å². The van der Waals surface area contributed by atoms with Crippen molar-refractivity contribution in [2.45, 2.75) is 12.4 Å². The summed E-state index contributed by atoms with van der Waals surface area (Å²) in [5.41, 5.74) is 0.658. The van der Waals surface area contributed by atoms with E-state index >= 15 is 0 Å². The Hall–Kier alpha value is -1.99. The van der Waals surface area contributed by atoms with E-state index < -0.39 is 12.1 Å². The molecule has 7 heteroatoms. The maximum atomic E-state index is 10.7. The quantitative estimate of drug-likeness (QED) is 0.564. The Kier molecular flexibility index (Phi) is 3.31. The standard InChI is InChI=1S/C10H12N4O3/c15-8-4-12-10(13-5-8)14-7-1-6(9(16)17)2-11-3-7/h1-4,8,10,13-15H,5H2,(H,16,17). The highest BCUT2D eigenvalue weighted by Crippen LogP contribution is 2.10.